The van der Waals surface area contributed by atoms with Gasteiger partial charge in [-0.2, -0.15) is 4.99 Å². The lowest BCUT2D eigenvalue weighted by Crippen LogP contribution is -2.46. The molecule has 0 aliphatic carbocycles. The van der Waals surface area contributed by atoms with Crippen LogP contribution in [-0.2, 0) is 19.9 Å². The smallest absolute Gasteiger partial charge is 0.341 e. The third-order valence-electron chi connectivity index (χ3n) is 6.31. The van der Waals surface area contributed by atoms with Crippen molar-refractivity contribution < 1.29 is 19.0 Å². The number of carbonyl (C=O) groups excluding carboxylic acids is 1. The highest BCUT2D eigenvalue weighted by Crippen LogP contribution is 2.47. The predicted molar refractivity (Wildman–Crippen MR) is 145 cm³/mol. The zero-order chi connectivity index (χ0) is 27.5. The summed E-state index contributed by atoms with van der Waals surface area (Å²) in [5.74, 6) is -0.518. The second-order valence-corrected chi connectivity index (χ2v) is 10.6. The van der Waals surface area contributed by atoms with Gasteiger partial charge in [-0.05, 0) is 59.9 Å². The number of halogens is 1. The number of nitrogens with one attached hydrogen (secondary N) is 1. The van der Waals surface area contributed by atoms with E-state index in [0.717, 1.165) is 13.0 Å². The van der Waals surface area contributed by atoms with E-state index in [4.69, 9.17) is 31.5 Å². The summed E-state index contributed by atoms with van der Waals surface area (Å²) in [5.41, 5.74) is 6.74. The minimum absolute atomic E-state index is 0.252. The number of urea groups is 1. The Labute approximate surface area is 226 Å². The Morgan fingerprint density at radius 3 is 2.92 bits per heavy atom. The van der Waals surface area contributed by atoms with Gasteiger partial charge in [0.05, 0.1) is 12.9 Å². The Kier molecular flexibility index (Phi) is 8.48. The third kappa shape index (κ3) is 6.21. The van der Waals surface area contributed by atoms with Gasteiger partial charge in [0, 0.05) is 23.8 Å². The van der Waals surface area contributed by atoms with Crippen molar-refractivity contribution in [2.45, 2.75) is 57.8 Å². The molecule has 12 nitrogen and oxygen atoms in total. The minimum Gasteiger partial charge on any atom is -0.382 e. The number of nitrogen functional groups attached to an aromatic ring is 1. The van der Waals surface area contributed by atoms with Gasteiger partial charge in [0.1, 0.15) is 24.1 Å². The Bertz CT molecular complexity index is 1260. The van der Waals surface area contributed by atoms with Crippen LogP contribution < -0.4 is 11.1 Å². The van der Waals surface area contributed by atoms with Crippen LogP contribution >= 0.6 is 11.6 Å². The normalized spacial score (nSPS) is 25.6. The minimum atomic E-state index is -0.929. The molecule has 13 heteroatoms. The summed E-state index contributed by atoms with van der Waals surface area (Å²) in [4.78, 5) is 31.0. The second kappa shape index (κ2) is 11.5. The number of imidazole rings is 1. The molecule has 2 aliphatic rings. The van der Waals surface area contributed by atoms with E-state index in [0.29, 0.717) is 40.8 Å². The van der Waals surface area contributed by atoms with Gasteiger partial charge in [0.25, 0.3) is 0 Å². The summed E-state index contributed by atoms with van der Waals surface area (Å²) in [6.45, 7) is 9.43. The van der Waals surface area contributed by atoms with Crippen LogP contribution in [0.3, 0.4) is 0 Å². The molecule has 2 aliphatic heterocycles. The summed E-state index contributed by atoms with van der Waals surface area (Å²) >= 11 is 5.78. The number of rotatable bonds is 9. The highest BCUT2D eigenvalue weighted by atomic mass is 35.5. The highest BCUT2D eigenvalue weighted by Gasteiger charge is 2.63. The van der Waals surface area contributed by atoms with Crippen LogP contribution in [0, 0.1) is 0 Å². The van der Waals surface area contributed by atoms with Crippen LogP contribution in [0.1, 0.15) is 34.1 Å². The van der Waals surface area contributed by atoms with Gasteiger partial charge in [-0.15, -0.1) is 0 Å². The lowest BCUT2D eigenvalue weighted by atomic mass is 10.0. The summed E-state index contributed by atoms with van der Waals surface area (Å²) in [7, 11) is 2.01. The average molecular weight is 547 g/mol. The molecule has 2 aromatic heterocycles. The number of likely N-dealkylation sites (N-methyl/N-ethyl adjacent to an activating group) is 1. The molecule has 0 radical (unpaired) electrons. The fourth-order valence-corrected chi connectivity index (χ4v) is 4.80. The predicted octanol–water partition coefficient (Wildman–Crippen LogP) is 2.80. The molecular formula is C25H35ClN8O4. The first-order chi connectivity index (χ1) is 18.0. The van der Waals surface area contributed by atoms with Crippen molar-refractivity contribution in [3.8, 4) is 0 Å². The largest absolute Gasteiger partial charge is 0.382 e. The van der Waals surface area contributed by atoms with Gasteiger partial charge in [-0.1, -0.05) is 17.7 Å². The van der Waals surface area contributed by atoms with E-state index in [1.165, 1.54) is 6.33 Å². The molecule has 3 unspecified atom stereocenters. The SMILES string of the molecule is CC(/C=C\C=C(/C)Cl)=NC(=O)NCCCN(C)CC1OCC2(n3cnc4c(N)ncnc43)OC(C)(C)OC12. The first kappa shape index (κ1) is 28.1. The van der Waals surface area contributed by atoms with Crippen LogP contribution in [-0.4, -0.2) is 87.4 Å². The van der Waals surface area contributed by atoms with Gasteiger partial charge < -0.3 is 30.2 Å². The molecule has 0 spiro atoms. The monoisotopic (exact) mass is 546 g/mol. The van der Waals surface area contributed by atoms with Crippen LogP contribution in [0.25, 0.3) is 11.2 Å². The van der Waals surface area contributed by atoms with E-state index in [1.807, 2.05) is 25.5 Å². The van der Waals surface area contributed by atoms with Crippen LogP contribution in [0.4, 0.5) is 10.6 Å². The molecule has 2 saturated heterocycles. The van der Waals surface area contributed by atoms with Gasteiger partial charge in [-0.25, -0.2) is 19.7 Å². The molecule has 4 heterocycles. The van der Waals surface area contributed by atoms with E-state index in [2.05, 4.69) is 30.2 Å². The average Bonchev–Trinajstić information content (AvgIpc) is 3.48. The van der Waals surface area contributed by atoms with E-state index >= 15 is 0 Å². The number of fused-ring (bicyclic) bond motifs is 2. The molecule has 2 amide bonds. The number of nitrogens with zero attached hydrogens (tertiary/aromatic N) is 6. The van der Waals surface area contributed by atoms with E-state index in [-0.39, 0.29) is 18.7 Å². The number of aliphatic imine (C=N–C) groups is 1. The summed E-state index contributed by atoms with van der Waals surface area (Å²) in [5, 5.41) is 3.47. The van der Waals surface area contributed by atoms with E-state index < -0.39 is 17.6 Å². The maximum Gasteiger partial charge on any atom is 0.341 e. The first-order valence-corrected chi connectivity index (χ1v) is 12.8. The van der Waals surface area contributed by atoms with Gasteiger partial charge in [-0.3, -0.25) is 4.57 Å². The number of aromatic nitrogens is 4. The number of hydrogen-bond donors (Lipinski definition) is 2. The highest BCUT2D eigenvalue weighted by molar-refractivity contribution is 6.29. The molecule has 0 bridgehead atoms. The molecule has 4 rings (SSSR count). The second-order valence-electron chi connectivity index (χ2n) is 9.99. The standard InChI is InChI=1S/C25H35ClN8O4/c1-16(26)8-6-9-17(2)32-23(35)28-10-7-11-33(5)12-18-20-25(13-36-18,38-24(3,4)37-20)34-15-31-19-21(27)29-14-30-22(19)34/h6,8-9,14-15,18,20H,7,10-13H2,1-5H3,(H,28,35)(H2,27,29,30)/b9-6-,16-8+,32-17?. The van der Waals surface area contributed by atoms with Crippen molar-refractivity contribution in [2.24, 2.45) is 4.99 Å². The fraction of sp³-hybridized carbons (Fsp3) is 0.560. The lowest BCUT2D eigenvalue weighted by molar-refractivity contribution is -0.205. The molecule has 38 heavy (non-hydrogen) atoms. The zero-order valence-electron chi connectivity index (χ0n) is 22.3. The number of anilines is 1. The number of nitrogens with two attached hydrogens (primary N) is 1. The van der Waals surface area contributed by atoms with Crippen molar-refractivity contribution in [3.05, 3.63) is 35.9 Å². The molecule has 2 aromatic rings. The van der Waals surface area contributed by atoms with Crippen molar-refractivity contribution >= 4 is 40.3 Å². The number of allylic oxidation sites excluding steroid dienone is 4. The summed E-state index contributed by atoms with van der Waals surface area (Å²) < 4.78 is 20.8. The van der Waals surface area contributed by atoms with Gasteiger partial charge in [0.15, 0.2) is 17.3 Å². The quantitative estimate of drug-likeness (QED) is 0.276. The summed E-state index contributed by atoms with van der Waals surface area (Å²) in [6.07, 6.45) is 8.38. The maximum atomic E-state index is 12.1. The number of carbonyl (C=O) groups is 1. The molecule has 2 fully saturated rings. The Balaban J connectivity index is 1.33. The number of ether oxygens (including phenoxy) is 3. The van der Waals surface area contributed by atoms with E-state index in [9.17, 15) is 4.79 Å². The summed E-state index contributed by atoms with van der Waals surface area (Å²) in [6, 6.07) is -0.374. The maximum absolute atomic E-state index is 12.1. The molecule has 0 aromatic carbocycles. The van der Waals surface area contributed by atoms with Crippen LogP contribution in [0.2, 0.25) is 0 Å². The Morgan fingerprint density at radius 1 is 1.37 bits per heavy atom. The molecule has 206 valence electrons. The lowest BCUT2D eigenvalue weighted by Gasteiger charge is -2.29. The van der Waals surface area contributed by atoms with Crippen molar-refractivity contribution in [1.29, 1.82) is 0 Å². The Hall–Kier alpha value is -2.90. The van der Waals surface area contributed by atoms with E-state index in [1.54, 1.807) is 38.4 Å². The van der Waals surface area contributed by atoms with Crippen molar-refractivity contribution in [1.82, 2.24) is 29.7 Å². The molecular weight excluding hydrogens is 512 g/mol. The molecule has 3 N–H and O–H groups in total. The zero-order valence-corrected chi connectivity index (χ0v) is 23.1. The topological polar surface area (TPSA) is 142 Å². The van der Waals surface area contributed by atoms with Crippen LogP contribution in [0.15, 0.2) is 40.9 Å². The Morgan fingerprint density at radius 2 is 2.16 bits per heavy atom. The third-order valence-corrected chi connectivity index (χ3v) is 6.44. The van der Waals surface area contributed by atoms with Gasteiger partial charge >= 0.3 is 6.03 Å². The van der Waals surface area contributed by atoms with Gasteiger partial charge in [0.2, 0.25) is 5.72 Å². The first-order valence-electron chi connectivity index (χ1n) is 12.5. The van der Waals surface area contributed by atoms with Crippen molar-refractivity contribution in [2.75, 3.05) is 39.0 Å². The van der Waals surface area contributed by atoms with Crippen molar-refractivity contribution in [3.63, 3.8) is 0 Å². The molecule has 3 atom stereocenters. The fourth-order valence-electron chi connectivity index (χ4n) is 4.73. The number of hydrogen-bond acceptors (Lipinski definition) is 9. The number of amides is 2. The van der Waals surface area contributed by atoms with Crippen LogP contribution in [0.5, 0.6) is 0 Å². The molecule has 0 saturated carbocycles.